The molecule has 1 amide bonds. The van der Waals surface area contributed by atoms with Crippen LogP contribution in [0.4, 0.5) is 10.5 Å². The molecule has 29 heavy (non-hydrogen) atoms. The number of ketones is 1. The number of hydrogen-bond donors (Lipinski definition) is 0. The van der Waals surface area contributed by atoms with E-state index in [-0.39, 0.29) is 12.2 Å². The average molecular weight is 422 g/mol. The van der Waals surface area contributed by atoms with Crippen LogP contribution in [0.15, 0.2) is 18.2 Å². The van der Waals surface area contributed by atoms with Gasteiger partial charge in [0.15, 0.2) is 5.78 Å². The number of benzene rings is 1. The molecule has 0 bridgehead atoms. The number of thiophene rings is 1. The van der Waals surface area contributed by atoms with Gasteiger partial charge in [0.2, 0.25) is 0 Å². The Balaban J connectivity index is 2.35. The molecule has 2 aromatic rings. The van der Waals surface area contributed by atoms with E-state index in [1.165, 1.54) is 30.5 Å². The van der Waals surface area contributed by atoms with Crippen LogP contribution in [0.2, 0.25) is 0 Å². The maximum Gasteiger partial charge on any atom is 0.414 e. The number of fused-ring (bicyclic) bond motifs is 1. The maximum absolute atomic E-state index is 12.6. The Labute approximate surface area is 174 Å². The van der Waals surface area contributed by atoms with Gasteiger partial charge < -0.3 is 14.2 Å². The number of esters is 1. The van der Waals surface area contributed by atoms with Crippen LogP contribution in [-0.2, 0) is 14.3 Å². The highest BCUT2D eigenvalue weighted by molar-refractivity contribution is 7.20. The molecule has 0 unspecified atom stereocenters. The van der Waals surface area contributed by atoms with Crippen LogP contribution in [0.1, 0.15) is 43.8 Å². The number of Topliss-reactive ketones (excluding diaryl/α,β-unsaturated/α-hetero) is 1. The second-order valence-electron chi connectivity index (χ2n) is 7.76. The Bertz CT molecular complexity index is 927. The topological polar surface area (TPSA) is 82.1 Å². The summed E-state index contributed by atoms with van der Waals surface area (Å²) in [5.41, 5.74) is -0.0836. The molecule has 1 aromatic heterocycles. The molecule has 0 aliphatic heterocycles. The molecule has 1 heterocycles. The van der Waals surface area contributed by atoms with Crippen molar-refractivity contribution in [1.82, 2.24) is 0 Å². The summed E-state index contributed by atoms with van der Waals surface area (Å²) in [6, 6.07) is 5.35. The van der Waals surface area contributed by atoms with Gasteiger partial charge in [-0.15, -0.1) is 11.3 Å². The van der Waals surface area contributed by atoms with Gasteiger partial charge in [-0.1, -0.05) is 6.92 Å². The summed E-state index contributed by atoms with van der Waals surface area (Å²) in [5, 5.41) is 0.822. The normalized spacial score (nSPS) is 12.4. The summed E-state index contributed by atoms with van der Waals surface area (Å²) in [6.45, 7) is 7.05. The Morgan fingerprint density at radius 3 is 2.34 bits per heavy atom. The van der Waals surface area contributed by atoms with E-state index in [2.05, 4.69) is 4.74 Å². The van der Waals surface area contributed by atoms with Gasteiger partial charge >= 0.3 is 12.1 Å². The van der Waals surface area contributed by atoms with Gasteiger partial charge in [0.05, 0.1) is 30.7 Å². The second-order valence-corrected chi connectivity index (χ2v) is 8.85. The number of carbonyl (C=O) groups excluding carboxylic acids is 3. The fraction of sp³-hybridized carbons (Fsp3) is 0.476. The summed E-state index contributed by atoms with van der Waals surface area (Å²) in [6.07, 6.45) is -0.434. The van der Waals surface area contributed by atoms with Crippen LogP contribution in [0, 0.1) is 5.92 Å². The zero-order chi connectivity index (χ0) is 21.9. The lowest BCUT2D eigenvalue weighted by molar-refractivity contribution is -0.144. The largest absolute Gasteiger partial charge is 0.495 e. The van der Waals surface area contributed by atoms with Gasteiger partial charge in [-0.05, 0) is 44.4 Å². The molecule has 8 heteroatoms. The Hall–Kier alpha value is -2.61. The van der Waals surface area contributed by atoms with Crippen molar-refractivity contribution in [2.75, 3.05) is 26.2 Å². The smallest absolute Gasteiger partial charge is 0.414 e. The lowest BCUT2D eigenvalue weighted by atomic mass is 10.0. The highest BCUT2D eigenvalue weighted by Crippen LogP contribution is 2.37. The molecular formula is C21H27NO6S. The number of rotatable bonds is 6. The first-order valence-corrected chi connectivity index (χ1v) is 9.97. The third-order valence-electron chi connectivity index (χ3n) is 4.22. The number of methoxy groups -OCH3 is 2. The van der Waals surface area contributed by atoms with Gasteiger partial charge in [-0.2, -0.15) is 0 Å². The number of anilines is 1. The average Bonchev–Trinajstić information content (AvgIpc) is 3.07. The van der Waals surface area contributed by atoms with Crippen LogP contribution in [0.5, 0.6) is 5.75 Å². The van der Waals surface area contributed by atoms with E-state index in [4.69, 9.17) is 9.47 Å². The minimum Gasteiger partial charge on any atom is -0.495 e. The molecule has 0 fully saturated rings. The lowest BCUT2D eigenvalue weighted by Gasteiger charge is -2.25. The number of ether oxygens (including phenoxy) is 3. The highest BCUT2D eigenvalue weighted by Gasteiger charge is 2.24. The Morgan fingerprint density at radius 2 is 1.79 bits per heavy atom. The summed E-state index contributed by atoms with van der Waals surface area (Å²) in [5.74, 6) is -0.570. The lowest BCUT2D eigenvalue weighted by Crippen LogP contribution is -2.34. The van der Waals surface area contributed by atoms with Gasteiger partial charge in [0.25, 0.3) is 0 Å². The molecule has 1 aromatic carbocycles. The Kier molecular flexibility index (Phi) is 6.89. The van der Waals surface area contributed by atoms with Gasteiger partial charge in [-0.25, -0.2) is 4.79 Å². The predicted octanol–water partition coefficient (Wildman–Crippen LogP) is 4.66. The summed E-state index contributed by atoms with van der Waals surface area (Å²) >= 11 is 1.31. The Morgan fingerprint density at radius 1 is 1.14 bits per heavy atom. The van der Waals surface area contributed by atoms with Crippen LogP contribution in [0.25, 0.3) is 10.1 Å². The minimum absolute atomic E-state index is 0.0707. The van der Waals surface area contributed by atoms with Crippen molar-refractivity contribution < 1.29 is 28.6 Å². The van der Waals surface area contributed by atoms with Gasteiger partial charge in [0, 0.05) is 18.2 Å². The zero-order valence-corrected chi connectivity index (χ0v) is 18.6. The number of nitrogens with zero attached hydrogens (tertiary/aromatic N) is 1. The molecule has 0 saturated heterocycles. The molecule has 7 nitrogen and oxygen atoms in total. The molecule has 158 valence electrons. The van der Waals surface area contributed by atoms with E-state index in [9.17, 15) is 14.4 Å². The highest BCUT2D eigenvalue weighted by atomic mass is 32.1. The van der Waals surface area contributed by atoms with Gasteiger partial charge in [0.1, 0.15) is 11.4 Å². The molecule has 2 rings (SSSR count). The van der Waals surface area contributed by atoms with Crippen molar-refractivity contribution in [2.24, 2.45) is 5.92 Å². The molecule has 0 spiro atoms. The summed E-state index contributed by atoms with van der Waals surface area (Å²) < 4.78 is 16.4. The summed E-state index contributed by atoms with van der Waals surface area (Å²) in [4.78, 5) is 38.5. The van der Waals surface area contributed by atoms with E-state index in [1.807, 2.05) is 0 Å². The third kappa shape index (κ3) is 5.47. The molecule has 0 saturated carbocycles. The fourth-order valence-electron chi connectivity index (χ4n) is 2.71. The predicted molar refractivity (Wildman–Crippen MR) is 113 cm³/mol. The van der Waals surface area contributed by atoms with Crippen molar-refractivity contribution in [1.29, 1.82) is 0 Å². The molecule has 1 atom stereocenters. The fourth-order valence-corrected chi connectivity index (χ4v) is 3.74. The molecule has 0 aliphatic rings. The number of carbonyl (C=O) groups is 3. The molecule has 0 radical (unpaired) electrons. The molecule has 0 aliphatic carbocycles. The zero-order valence-electron chi connectivity index (χ0n) is 17.8. The number of amides is 1. The first kappa shape index (κ1) is 22.7. The van der Waals surface area contributed by atoms with Crippen LogP contribution < -0.4 is 9.64 Å². The molecular weight excluding hydrogens is 394 g/mol. The van der Waals surface area contributed by atoms with E-state index >= 15 is 0 Å². The van der Waals surface area contributed by atoms with E-state index in [0.29, 0.717) is 16.3 Å². The maximum atomic E-state index is 12.6. The van der Waals surface area contributed by atoms with E-state index in [1.54, 1.807) is 52.9 Å². The van der Waals surface area contributed by atoms with Crippen molar-refractivity contribution in [3.63, 3.8) is 0 Å². The van der Waals surface area contributed by atoms with Crippen molar-refractivity contribution in [3.05, 3.63) is 23.1 Å². The van der Waals surface area contributed by atoms with Crippen molar-refractivity contribution >= 4 is 45.0 Å². The standard InChI is InChI=1S/C21H27NO6S/c1-12(19(24)27-7)8-15(23)18-10-13-9-16(26-6)14(11-17(13)29-18)22(5)20(25)28-21(2,3)4/h9-12H,8H2,1-7H3/t12-/m0/s1. The number of hydrogen-bond acceptors (Lipinski definition) is 7. The summed E-state index contributed by atoms with van der Waals surface area (Å²) in [7, 11) is 4.43. The first-order valence-electron chi connectivity index (χ1n) is 9.16. The van der Waals surface area contributed by atoms with Crippen LogP contribution in [0.3, 0.4) is 0 Å². The quantitative estimate of drug-likeness (QED) is 0.498. The monoisotopic (exact) mass is 421 g/mol. The second kappa shape index (κ2) is 8.82. The minimum atomic E-state index is -0.623. The van der Waals surface area contributed by atoms with E-state index in [0.717, 1.165) is 10.1 Å². The van der Waals surface area contributed by atoms with Crippen molar-refractivity contribution in [3.8, 4) is 5.75 Å². The molecule has 0 N–H and O–H groups in total. The van der Waals surface area contributed by atoms with E-state index < -0.39 is 23.6 Å². The SMILES string of the molecule is COC(=O)[C@@H](C)CC(=O)c1cc2cc(OC)c(N(C)C(=O)OC(C)(C)C)cc2s1. The van der Waals surface area contributed by atoms with Crippen LogP contribution >= 0.6 is 11.3 Å². The van der Waals surface area contributed by atoms with Crippen LogP contribution in [-0.4, -0.2) is 44.7 Å². The first-order chi connectivity index (χ1) is 13.5. The van der Waals surface area contributed by atoms with Gasteiger partial charge in [-0.3, -0.25) is 14.5 Å². The van der Waals surface area contributed by atoms with Crippen molar-refractivity contribution in [2.45, 2.75) is 39.7 Å². The third-order valence-corrected chi connectivity index (χ3v) is 5.36.